The summed E-state index contributed by atoms with van der Waals surface area (Å²) in [7, 11) is 0. The highest BCUT2D eigenvalue weighted by Gasteiger charge is 2.10. The van der Waals surface area contributed by atoms with E-state index in [0.29, 0.717) is 17.4 Å². The van der Waals surface area contributed by atoms with Gasteiger partial charge in [0.1, 0.15) is 10.8 Å². The second-order valence-electron chi connectivity index (χ2n) is 4.70. The number of nitrogens with zero attached hydrogens (tertiary/aromatic N) is 2. The summed E-state index contributed by atoms with van der Waals surface area (Å²) in [6.07, 6.45) is 1.57. The first-order valence-corrected chi connectivity index (χ1v) is 6.98. The van der Waals surface area contributed by atoms with Gasteiger partial charge in [-0.05, 0) is 5.56 Å². The molecule has 0 fully saturated rings. The van der Waals surface area contributed by atoms with Crippen molar-refractivity contribution in [2.24, 2.45) is 0 Å². The fourth-order valence-corrected chi connectivity index (χ4v) is 2.39. The molecule has 0 bridgehead atoms. The lowest BCUT2D eigenvalue weighted by molar-refractivity contribution is 0.751. The van der Waals surface area contributed by atoms with Crippen LogP contribution in [0.5, 0.6) is 0 Å². The van der Waals surface area contributed by atoms with Crippen molar-refractivity contribution in [2.45, 2.75) is 6.54 Å². The first kappa shape index (κ1) is 13.6. The van der Waals surface area contributed by atoms with Gasteiger partial charge in [0.05, 0.1) is 6.54 Å². The summed E-state index contributed by atoms with van der Waals surface area (Å²) in [5, 5.41) is 0.310. The lowest BCUT2D eigenvalue weighted by Gasteiger charge is -2.09. The van der Waals surface area contributed by atoms with Crippen molar-refractivity contribution < 1.29 is 0 Å². The second-order valence-corrected chi connectivity index (χ2v) is 5.08. The predicted octanol–water partition coefficient (Wildman–Crippen LogP) is 3.61. The molecule has 3 rings (SSSR count). The van der Waals surface area contributed by atoms with Crippen molar-refractivity contribution in [1.82, 2.24) is 9.55 Å². The fourth-order valence-electron chi connectivity index (χ4n) is 2.19. The summed E-state index contributed by atoms with van der Waals surface area (Å²) in [5.74, 6) is 0. The highest BCUT2D eigenvalue weighted by Crippen LogP contribution is 2.15. The zero-order valence-corrected chi connectivity index (χ0v) is 12.0. The third-order valence-electron chi connectivity index (χ3n) is 3.19. The van der Waals surface area contributed by atoms with Gasteiger partial charge in [0, 0.05) is 11.8 Å². The molecule has 0 aliphatic carbocycles. The van der Waals surface area contributed by atoms with Crippen molar-refractivity contribution in [1.29, 1.82) is 0 Å². The number of hydrogen-bond acceptors (Lipinski definition) is 2. The normalized spacial score (nSPS) is 10.5. The Kier molecular flexibility index (Phi) is 3.84. The van der Waals surface area contributed by atoms with Crippen LogP contribution in [0.4, 0.5) is 0 Å². The average molecular weight is 297 g/mol. The van der Waals surface area contributed by atoms with E-state index in [9.17, 15) is 4.79 Å². The Morgan fingerprint density at radius 3 is 2.24 bits per heavy atom. The van der Waals surface area contributed by atoms with E-state index in [2.05, 4.69) is 4.98 Å². The van der Waals surface area contributed by atoms with Crippen LogP contribution in [-0.2, 0) is 6.54 Å². The van der Waals surface area contributed by atoms with Gasteiger partial charge in [-0.1, -0.05) is 72.3 Å². The van der Waals surface area contributed by atoms with Crippen LogP contribution in [0.3, 0.4) is 0 Å². The minimum absolute atomic E-state index is 0.144. The molecule has 0 saturated carbocycles. The summed E-state index contributed by atoms with van der Waals surface area (Å²) < 4.78 is 1.59. The molecule has 0 amide bonds. The molecule has 3 aromatic rings. The molecule has 0 atom stereocenters. The highest BCUT2D eigenvalue weighted by atomic mass is 35.5. The van der Waals surface area contributed by atoms with Crippen LogP contribution in [-0.4, -0.2) is 9.55 Å². The lowest BCUT2D eigenvalue weighted by atomic mass is 10.1. The molecule has 104 valence electrons. The average Bonchev–Trinajstić information content (AvgIpc) is 2.52. The van der Waals surface area contributed by atoms with Crippen LogP contribution in [0.15, 0.2) is 71.7 Å². The van der Waals surface area contributed by atoms with Crippen molar-refractivity contribution in [2.75, 3.05) is 0 Å². The molecule has 0 N–H and O–H groups in total. The van der Waals surface area contributed by atoms with Crippen LogP contribution >= 0.6 is 11.6 Å². The van der Waals surface area contributed by atoms with Gasteiger partial charge in [0.2, 0.25) is 0 Å². The third kappa shape index (κ3) is 3.03. The molecular weight excluding hydrogens is 284 g/mol. The lowest BCUT2D eigenvalue weighted by Crippen LogP contribution is -2.23. The number of aromatic nitrogens is 2. The SMILES string of the molecule is O=c1c(-c2ccccc2)nc(Cl)cn1Cc1ccccc1. The van der Waals surface area contributed by atoms with E-state index in [1.54, 1.807) is 10.8 Å². The molecule has 21 heavy (non-hydrogen) atoms. The zero-order chi connectivity index (χ0) is 14.7. The standard InChI is InChI=1S/C17H13ClN2O/c18-15-12-20(11-13-7-3-1-4-8-13)17(21)16(19-15)14-9-5-2-6-10-14/h1-10,12H,11H2. The minimum atomic E-state index is -0.144. The van der Waals surface area contributed by atoms with E-state index in [1.165, 1.54) is 0 Å². The largest absolute Gasteiger partial charge is 0.306 e. The van der Waals surface area contributed by atoms with E-state index >= 15 is 0 Å². The summed E-state index contributed by atoms with van der Waals surface area (Å²) in [4.78, 5) is 16.7. The first-order valence-electron chi connectivity index (χ1n) is 6.60. The summed E-state index contributed by atoms with van der Waals surface area (Å²) in [5.41, 5.74) is 2.04. The van der Waals surface area contributed by atoms with Gasteiger partial charge >= 0.3 is 0 Å². The molecule has 0 aliphatic heterocycles. The monoisotopic (exact) mass is 296 g/mol. The quantitative estimate of drug-likeness (QED) is 0.740. The van der Waals surface area contributed by atoms with E-state index in [0.717, 1.165) is 11.1 Å². The zero-order valence-electron chi connectivity index (χ0n) is 11.2. The second kappa shape index (κ2) is 5.94. The van der Waals surface area contributed by atoms with Crippen LogP contribution in [0.25, 0.3) is 11.3 Å². The Bertz CT molecular complexity index is 798. The van der Waals surface area contributed by atoms with Crippen molar-refractivity contribution in [3.63, 3.8) is 0 Å². The van der Waals surface area contributed by atoms with E-state index < -0.39 is 0 Å². The molecule has 0 unspecified atom stereocenters. The van der Waals surface area contributed by atoms with Crippen LogP contribution < -0.4 is 5.56 Å². The summed E-state index contributed by atoms with van der Waals surface area (Å²) in [6, 6.07) is 19.1. The topological polar surface area (TPSA) is 34.9 Å². The maximum absolute atomic E-state index is 12.6. The van der Waals surface area contributed by atoms with Crippen LogP contribution in [0, 0.1) is 0 Å². The number of halogens is 1. The molecule has 4 heteroatoms. The van der Waals surface area contributed by atoms with E-state index in [1.807, 2.05) is 60.7 Å². The van der Waals surface area contributed by atoms with E-state index in [4.69, 9.17) is 11.6 Å². The van der Waals surface area contributed by atoms with E-state index in [-0.39, 0.29) is 5.56 Å². The number of benzene rings is 2. The van der Waals surface area contributed by atoms with Gasteiger partial charge in [-0.3, -0.25) is 4.79 Å². The highest BCUT2D eigenvalue weighted by molar-refractivity contribution is 6.29. The van der Waals surface area contributed by atoms with Gasteiger partial charge in [0.15, 0.2) is 0 Å². The maximum Gasteiger partial charge on any atom is 0.277 e. The fraction of sp³-hybridized carbons (Fsp3) is 0.0588. The summed E-state index contributed by atoms with van der Waals surface area (Å²) in [6.45, 7) is 0.474. The number of rotatable bonds is 3. The predicted molar refractivity (Wildman–Crippen MR) is 84.5 cm³/mol. The minimum Gasteiger partial charge on any atom is -0.306 e. The molecule has 1 aromatic heterocycles. The van der Waals surface area contributed by atoms with Crippen molar-refractivity contribution in [3.8, 4) is 11.3 Å². The Hall–Kier alpha value is -2.39. The molecular formula is C17H13ClN2O. The van der Waals surface area contributed by atoms with Gasteiger partial charge in [-0.25, -0.2) is 4.98 Å². The molecule has 0 radical (unpaired) electrons. The first-order chi connectivity index (χ1) is 10.2. The molecule has 0 aliphatic rings. The van der Waals surface area contributed by atoms with Crippen molar-refractivity contribution >= 4 is 11.6 Å². The Morgan fingerprint density at radius 1 is 0.952 bits per heavy atom. The Labute approximate surface area is 127 Å². The van der Waals surface area contributed by atoms with Gasteiger partial charge in [-0.2, -0.15) is 0 Å². The molecule has 2 aromatic carbocycles. The van der Waals surface area contributed by atoms with Gasteiger partial charge < -0.3 is 4.57 Å². The Balaban J connectivity index is 2.07. The Morgan fingerprint density at radius 2 is 1.57 bits per heavy atom. The van der Waals surface area contributed by atoms with Crippen LogP contribution in [0.1, 0.15) is 5.56 Å². The smallest absolute Gasteiger partial charge is 0.277 e. The van der Waals surface area contributed by atoms with Gasteiger partial charge in [-0.15, -0.1) is 0 Å². The number of hydrogen-bond donors (Lipinski definition) is 0. The van der Waals surface area contributed by atoms with Gasteiger partial charge in [0.25, 0.3) is 5.56 Å². The molecule has 0 spiro atoms. The van der Waals surface area contributed by atoms with Crippen LogP contribution in [0.2, 0.25) is 5.15 Å². The maximum atomic E-state index is 12.6. The van der Waals surface area contributed by atoms with Crippen molar-refractivity contribution in [3.05, 3.63) is 87.9 Å². The molecule has 1 heterocycles. The summed E-state index contributed by atoms with van der Waals surface area (Å²) >= 11 is 6.07. The molecule has 3 nitrogen and oxygen atoms in total. The third-order valence-corrected chi connectivity index (χ3v) is 3.37. The molecule has 0 saturated heterocycles.